The first-order valence-corrected chi connectivity index (χ1v) is 6.58. The van der Waals surface area contributed by atoms with Crippen LogP contribution in [0, 0.1) is 11.8 Å². The molecule has 0 aromatic carbocycles. The third kappa shape index (κ3) is 6.37. The normalized spacial score (nSPS) is 11.4. The molecule has 0 unspecified atom stereocenters. The van der Waals surface area contributed by atoms with E-state index in [4.69, 9.17) is 0 Å². The summed E-state index contributed by atoms with van der Waals surface area (Å²) in [5, 5.41) is 3.39. The lowest BCUT2D eigenvalue weighted by Gasteiger charge is -2.07. The smallest absolute Gasteiger partial charge is 0.128 e. The molecule has 0 saturated carbocycles. The molecule has 1 aromatic rings. The van der Waals surface area contributed by atoms with E-state index in [0.29, 0.717) is 11.8 Å². The molecule has 1 heterocycles. The fourth-order valence-corrected chi connectivity index (χ4v) is 1.52. The zero-order valence-electron chi connectivity index (χ0n) is 11.5. The van der Waals surface area contributed by atoms with Crippen LogP contribution in [0.3, 0.4) is 0 Å². The van der Waals surface area contributed by atoms with Gasteiger partial charge in [-0.1, -0.05) is 27.7 Å². The van der Waals surface area contributed by atoms with E-state index in [1.807, 2.05) is 12.4 Å². The summed E-state index contributed by atoms with van der Waals surface area (Å²) < 4.78 is 0. The minimum atomic E-state index is 0.682. The second-order valence-electron chi connectivity index (χ2n) is 5.46. The second-order valence-corrected chi connectivity index (χ2v) is 5.46. The van der Waals surface area contributed by atoms with Crippen LogP contribution >= 0.6 is 0 Å². The van der Waals surface area contributed by atoms with E-state index >= 15 is 0 Å². The highest BCUT2D eigenvalue weighted by molar-refractivity contribution is 5.05. The summed E-state index contributed by atoms with van der Waals surface area (Å²) in [5.41, 5.74) is 1.17. The molecule has 0 atom stereocenters. The van der Waals surface area contributed by atoms with Crippen molar-refractivity contribution in [3.8, 4) is 0 Å². The Kier molecular flexibility index (Phi) is 6.12. The van der Waals surface area contributed by atoms with Crippen molar-refractivity contribution in [2.45, 2.75) is 47.1 Å². The summed E-state index contributed by atoms with van der Waals surface area (Å²) >= 11 is 0. The summed E-state index contributed by atoms with van der Waals surface area (Å²) in [6.07, 6.45) is 6.02. The molecule has 1 rings (SSSR count). The van der Waals surface area contributed by atoms with E-state index in [9.17, 15) is 0 Å². The number of aromatic nitrogens is 2. The largest absolute Gasteiger partial charge is 0.312 e. The van der Waals surface area contributed by atoms with Gasteiger partial charge in [0.2, 0.25) is 0 Å². The van der Waals surface area contributed by atoms with Gasteiger partial charge in [-0.05, 0) is 24.8 Å². The molecule has 1 N–H and O–H groups in total. The molecule has 0 spiro atoms. The summed E-state index contributed by atoms with van der Waals surface area (Å²) in [6.45, 7) is 10.8. The van der Waals surface area contributed by atoms with Crippen molar-refractivity contribution in [2.75, 3.05) is 6.54 Å². The molecular weight excluding hydrogens is 210 g/mol. The Morgan fingerprint density at radius 2 is 1.71 bits per heavy atom. The van der Waals surface area contributed by atoms with E-state index in [1.54, 1.807) is 0 Å². The second kappa shape index (κ2) is 7.38. The third-order valence-electron chi connectivity index (χ3n) is 2.59. The Labute approximate surface area is 105 Å². The monoisotopic (exact) mass is 235 g/mol. The summed E-state index contributed by atoms with van der Waals surface area (Å²) in [5.74, 6) is 2.36. The maximum atomic E-state index is 4.40. The van der Waals surface area contributed by atoms with Gasteiger partial charge in [-0.15, -0.1) is 0 Å². The molecular formula is C14H25N3. The van der Waals surface area contributed by atoms with Gasteiger partial charge in [0, 0.05) is 30.9 Å². The highest BCUT2D eigenvalue weighted by atomic mass is 14.9. The third-order valence-corrected chi connectivity index (χ3v) is 2.59. The maximum absolute atomic E-state index is 4.40. The van der Waals surface area contributed by atoms with Crippen molar-refractivity contribution in [3.05, 3.63) is 23.8 Å². The van der Waals surface area contributed by atoms with E-state index in [1.165, 1.54) is 5.56 Å². The quantitative estimate of drug-likeness (QED) is 0.789. The van der Waals surface area contributed by atoms with Crippen molar-refractivity contribution < 1.29 is 0 Å². The van der Waals surface area contributed by atoms with Gasteiger partial charge in [-0.3, -0.25) is 0 Å². The Morgan fingerprint density at radius 1 is 1.06 bits per heavy atom. The lowest BCUT2D eigenvalue weighted by Crippen LogP contribution is -2.19. The Balaban J connectivity index is 2.34. The Morgan fingerprint density at radius 3 is 2.24 bits per heavy atom. The van der Waals surface area contributed by atoms with Crippen molar-refractivity contribution in [3.63, 3.8) is 0 Å². The topological polar surface area (TPSA) is 37.8 Å². The molecule has 0 fully saturated rings. The van der Waals surface area contributed by atoms with Crippen LogP contribution in [0.2, 0.25) is 0 Å². The van der Waals surface area contributed by atoms with Gasteiger partial charge in [0.1, 0.15) is 5.82 Å². The molecule has 0 saturated heterocycles. The lowest BCUT2D eigenvalue weighted by molar-refractivity contribution is 0.549. The molecule has 0 aliphatic rings. The van der Waals surface area contributed by atoms with Crippen molar-refractivity contribution in [2.24, 2.45) is 11.8 Å². The van der Waals surface area contributed by atoms with E-state index in [2.05, 4.69) is 43.0 Å². The van der Waals surface area contributed by atoms with Crippen molar-refractivity contribution >= 4 is 0 Å². The summed E-state index contributed by atoms with van der Waals surface area (Å²) in [4.78, 5) is 8.79. The SMILES string of the molecule is CC(C)CCc1ncc(CNCC(C)C)cn1. The van der Waals surface area contributed by atoms with Crippen LogP contribution in [-0.4, -0.2) is 16.5 Å². The minimum absolute atomic E-state index is 0.682. The molecule has 96 valence electrons. The van der Waals surface area contributed by atoms with Gasteiger partial charge < -0.3 is 5.32 Å². The number of rotatable bonds is 7. The average Bonchev–Trinajstić information content (AvgIpc) is 2.27. The fourth-order valence-electron chi connectivity index (χ4n) is 1.52. The van der Waals surface area contributed by atoms with Gasteiger partial charge in [-0.25, -0.2) is 9.97 Å². The van der Waals surface area contributed by atoms with Crippen LogP contribution < -0.4 is 5.32 Å². The zero-order valence-corrected chi connectivity index (χ0v) is 11.5. The molecule has 0 radical (unpaired) electrons. The summed E-state index contributed by atoms with van der Waals surface area (Å²) in [6, 6.07) is 0. The molecule has 3 heteroatoms. The molecule has 0 bridgehead atoms. The molecule has 0 aliphatic carbocycles. The highest BCUT2D eigenvalue weighted by Crippen LogP contribution is 2.05. The molecule has 3 nitrogen and oxygen atoms in total. The maximum Gasteiger partial charge on any atom is 0.128 e. The predicted octanol–water partition coefficient (Wildman–Crippen LogP) is 2.81. The van der Waals surface area contributed by atoms with E-state index in [-0.39, 0.29) is 0 Å². The van der Waals surface area contributed by atoms with Gasteiger partial charge >= 0.3 is 0 Å². The number of nitrogens with zero attached hydrogens (tertiary/aromatic N) is 2. The predicted molar refractivity (Wildman–Crippen MR) is 71.7 cm³/mol. The van der Waals surface area contributed by atoms with Gasteiger partial charge in [0.25, 0.3) is 0 Å². The standard InChI is InChI=1S/C14H25N3/c1-11(2)5-6-14-16-9-13(10-17-14)8-15-7-12(3)4/h9-12,15H,5-8H2,1-4H3. The molecule has 17 heavy (non-hydrogen) atoms. The zero-order chi connectivity index (χ0) is 12.7. The Hall–Kier alpha value is -0.960. The molecule has 1 aromatic heterocycles. The van der Waals surface area contributed by atoms with Crippen LogP contribution in [-0.2, 0) is 13.0 Å². The first kappa shape index (κ1) is 14.1. The number of hydrogen-bond acceptors (Lipinski definition) is 3. The number of hydrogen-bond donors (Lipinski definition) is 1. The number of aryl methyl sites for hydroxylation is 1. The number of nitrogens with one attached hydrogen (secondary N) is 1. The first-order chi connectivity index (χ1) is 8.08. The van der Waals surface area contributed by atoms with E-state index in [0.717, 1.165) is 31.8 Å². The van der Waals surface area contributed by atoms with Crippen LogP contribution in [0.1, 0.15) is 45.5 Å². The van der Waals surface area contributed by atoms with Crippen LogP contribution in [0.4, 0.5) is 0 Å². The van der Waals surface area contributed by atoms with Crippen LogP contribution in [0.25, 0.3) is 0 Å². The van der Waals surface area contributed by atoms with Gasteiger partial charge in [0.05, 0.1) is 0 Å². The minimum Gasteiger partial charge on any atom is -0.312 e. The highest BCUT2D eigenvalue weighted by Gasteiger charge is 2.00. The van der Waals surface area contributed by atoms with Crippen LogP contribution in [0.5, 0.6) is 0 Å². The summed E-state index contributed by atoms with van der Waals surface area (Å²) in [7, 11) is 0. The van der Waals surface area contributed by atoms with E-state index < -0.39 is 0 Å². The average molecular weight is 235 g/mol. The first-order valence-electron chi connectivity index (χ1n) is 6.58. The van der Waals surface area contributed by atoms with Gasteiger partial charge in [0.15, 0.2) is 0 Å². The van der Waals surface area contributed by atoms with Crippen molar-refractivity contribution in [1.29, 1.82) is 0 Å². The fraction of sp³-hybridized carbons (Fsp3) is 0.714. The van der Waals surface area contributed by atoms with Crippen LogP contribution in [0.15, 0.2) is 12.4 Å². The van der Waals surface area contributed by atoms with Gasteiger partial charge in [-0.2, -0.15) is 0 Å². The van der Waals surface area contributed by atoms with Crippen molar-refractivity contribution in [1.82, 2.24) is 15.3 Å². The molecule has 0 amide bonds. The Bertz CT molecular complexity index is 304. The lowest BCUT2D eigenvalue weighted by atomic mass is 10.1. The molecule has 0 aliphatic heterocycles.